The Hall–Kier alpha value is -2.56. The average Bonchev–Trinajstić information content (AvgIpc) is 2.58. The first-order chi connectivity index (χ1) is 11.2. The van der Waals surface area contributed by atoms with E-state index in [0.29, 0.717) is 12.2 Å². The minimum Gasteiger partial charge on any atom is -0.508 e. The number of phenolic OH excluding ortho intramolecular Hbond substituents is 1. The van der Waals surface area contributed by atoms with Crippen LogP contribution in [0.3, 0.4) is 0 Å². The summed E-state index contributed by atoms with van der Waals surface area (Å²) in [6.45, 7) is 5.56. The second kappa shape index (κ2) is 8.78. The molecule has 122 valence electrons. The van der Waals surface area contributed by atoms with Crippen molar-refractivity contribution < 1.29 is 9.90 Å². The van der Waals surface area contributed by atoms with Gasteiger partial charge >= 0.3 is 0 Å². The van der Waals surface area contributed by atoms with E-state index in [4.69, 9.17) is 5.26 Å². The van der Waals surface area contributed by atoms with Crippen LogP contribution < -0.4 is 16.0 Å². The summed E-state index contributed by atoms with van der Waals surface area (Å²) in [7, 11) is 0. The molecule has 2 rings (SSSR count). The molecule has 4 N–H and O–H groups in total. The Morgan fingerprint density at radius 1 is 1.35 bits per heavy atom. The number of carbonyl (C=O) groups is 1. The molecule has 0 aliphatic carbocycles. The lowest BCUT2D eigenvalue weighted by molar-refractivity contribution is -0.112. The highest BCUT2D eigenvalue weighted by Crippen LogP contribution is 2.14. The molecular weight excluding hydrogens is 294 g/mol. The summed E-state index contributed by atoms with van der Waals surface area (Å²) >= 11 is 0. The van der Waals surface area contributed by atoms with E-state index in [1.807, 2.05) is 6.07 Å². The summed E-state index contributed by atoms with van der Waals surface area (Å²) in [6.07, 6.45) is 1.44. The van der Waals surface area contributed by atoms with Gasteiger partial charge in [0, 0.05) is 51.2 Å². The van der Waals surface area contributed by atoms with Gasteiger partial charge in [0.05, 0.1) is 0 Å². The van der Waals surface area contributed by atoms with Gasteiger partial charge in [-0.1, -0.05) is 0 Å². The Morgan fingerprint density at radius 2 is 2.04 bits per heavy atom. The number of hydrogen-bond donors (Lipinski definition) is 4. The van der Waals surface area contributed by atoms with Gasteiger partial charge in [0.15, 0.2) is 0 Å². The predicted molar refractivity (Wildman–Crippen MR) is 87.7 cm³/mol. The smallest absolute Gasteiger partial charge is 0.267 e. The van der Waals surface area contributed by atoms with Crippen LogP contribution in [0.5, 0.6) is 5.75 Å². The molecule has 0 bridgehead atoms. The SMILES string of the molecule is N#C/C(=C/NCCN1CCNCC1)C(=O)Nc1ccc(O)cc1. The summed E-state index contributed by atoms with van der Waals surface area (Å²) in [5.74, 6) is -0.360. The number of phenols is 1. The van der Waals surface area contributed by atoms with Crippen LogP contribution in [0.15, 0.2) is 36.0 Å². The van der Waals surface area contributed by atoms with Gasteiger partial charge in [-0.25, -0.2) is 0 Å². The van der Waals surface area contributed by atoms with Crippen molar-refractivity contribution in [1.29, 1.82) is 5.26 Å². The standard InChI is InChI=1S/C16H21N5O2/c17-11-13(12-19-7-10-21-8-5-18-6-9-21)16(23)20-14-1-3-15(22)4-2-14/h1-4,12,18-19,22H,5-10H2,(H,20,23)/b13-12-. The van der Waals surface area contributed by atoms with Crippen molar-refractivity contribution in [1.82, 2.24) is 15.5 Å². The maximum Gasteiger partial charge on any atom is 0.267 e. The molecule has 0 saturated carbocycles. The Bertz CT molecular complexity index is 585. The highest BCUT2D eigenvalue weighted by molar-refractivity contribution is 6.06. The number of anilines is 1. The summed E-state index contributed by atoms with van der Waals surface area (Å²) in [4.78, 5) is 14.3. The number of aromatic hydroxyl groups is 1. The first kappa shape index (κ1) is 16.8. The molecule has 1 aromatic rings. The summed E-state index contributed by atoms with van der Waals surface area (Å²) < 4.78 is 0. The molecule has 1 amide bonds. The second-order valence-electron chi connectivity index (χ2n) is 5.22. The Kier molecular flexibility index (Phi) is 6.41. The fourth-order valence-electron chi connectivity index (χ4n) is 2.22. The van der Waals surface area contributed by atoms with Crippen molar-refractivity contribution in [2.45, 2.75) is 0 Å². The maximum atomic E-state index is 12.0. The summed E-state index contributed by atoms with van der Waals surface area (Å²) in [5, 5.41) is 27.2. The third-order valence-electron chi connectivity index (χ3n) is 3.52. The number of nitrogens with one attached hydrogen (secondary N) is 3. The van der Waals surface area contributed by atoms with Gasteiger partial charge in [-0.3, -0.25) is 9.69 Å². The van der Waals surface area contributed by atoms with Crippen molar-refractivity contribution in [3.05, 3.63) is 36.0 Å². The number of nitriles is 1. The molecule has 1 heterocycles. The normalized spacial score (nSPS) is 15.7. The Morgan fingerprint density at radius 3 is 2.70 bits per heavy atom. The quantitative estimate of drug-likeness (QED) is 0.260. The van der Waals surface area contributed by atoms with E-state index in [2.05, 4.69) is 20.9 Å². The molecule has 1 aromatic carbocycles. The predicted octanol–water partition coefficient (Wildman–Crippen LogP) is 0.233. The number of nitrogens with zero attached hydrogens (tertiary/aromatic N) is 2. The molecule has 0 unspecified atom stereocenters. The van der Waals surface area contributed by atoms with Gasteiger partial charge in [0.25, 0.3) is 5.91 Å². The van der Waals surface area contributed by atoms with E-state index < -0.39 is 5.91 Å². The topological polar surface area (TPSA) is 100 Å². The summed E-state index contributed by atoms with van der Waals surface area (Å²) in [6, 6.07) is 7.96. The number of piperazine rings is 1. The fraction of sp³-hybridized carbons (Fsp3) is 0.375. The van der Waals surface area contributed by atoms with Crippen LogP contribution in [0.2, 0.25) is 0 Å². The van der Waals surface area contributed by atoms with Gasteiger partial charge in [-0.15, -0.1) is 0 Å². The van der Waals surface area contributed by atoms with Crippen molar-refractivity contribution in [2.75, 3.05) is 44.6 Å². The van der Waals surface area contributed by atoms with E-state index in [0.717, 1.165) is 32.7 Å². The lowest BCUT2D eigenvalue weighted by Crippen LogP contribution is -2.45. The van der Waals surface area contributed by atoms with Gasteiger partial charge < -0.3 is 21.1 Å². The third kappa shape index (κ3) is 5.62. The molecule has 1 fully saturated rings. The van der Waals surface area contributed by atoms with E-state index in [-0.39, 0.29) is 11.3 Å². The number of benzene rings is 1. The zero-order valence-corrected chi connectivity index (χ0v) is 12.9. The maximum absolute atomic E-state index is 12.0. The van der Waals surface area contributed by atoms with E-state index in [9.17, 15) is 9.90 Å². The third-order valence-corrected chi connectivity index (χ3v) is 3.52. The number of rotatable bonds is 6. The Labute approximate surface area is 135 Å². The van der Waals surface area contributed by atoms with Crippen molar-refractivity contribution in [3.8, 4) is 11.8 Å². The van der Waals surface area contributed by atoms with Gasteiger partial charge in [-0.2, -0.15) is 5.26 Å². The lowest BCUT2D eigenvalue weighted by Gasteiger charge is -2.26. The second-order valence-corrected chi connectivity index (χ2v) is 5.22. The van der Waals surface area contributed by atoms with Crippen LogP contribution in [0.4, 0.5) is 5.69 Å². The molecule has 1 aliphatic rings. The largest absolute Gasteiger partial charge is 0.508 e. The zero-order chi connectivity index (χ0) is 16.5. The van der Waals surface area contributed by atoms with Gasteiger partial charge in [-0.05, 0) is 24.3 Å². The van der Waals surface area contributed by atoms with Crippen LogP contribution >= 0.6 is 0 Å². The minimum atomic E-state index is -0.479. The number of carbonyl (C=O) groups excluding carboxylic acids is 1. The zero-order valence-electron chi connectivity index (χ0n) is 12.9. The van der Waals surface area contributed by atoms with E-state index in [1.54, 1.807) is 12.1 Å². The van der Waals surface area contributed by atoms with Gasteiger partial charge in [0.1, 0.15) is 17.4 Å². The molecule has 0 spiro atoms. The summed E-state index contributed by atoms with van der Waals surface area (Å²) in [5.41, 5.74) is 0.535. The highest BCUT2D eigenvalue weighted by atomic mass is 16.3. The van der Waals surface area contributed by atoms with Crippen molar-refractivity contribution in [2.24, 2.45) is 0 Å². The first-order valence-corrected chi connectivity index (χ1v) is 7.56. The number of hydrogen-bond acceptors (Lipinski definition) is 6. The molecule has 0 radical (unpaired) electrons. The van der Waals surface area contributed by atoms with Crippen molar-refractivity contribution >= 4 is 11.6 Å². The fourth-order valence-corrected chi connectivity index (χ4v) is 2.22. The molecule has 7 nitrogen and oxygen atoms in total. The molecule has 1 aliphatic heterocycles. The molecule has 23 heavy (non-hydrogen) atoms. The highest BCUT2D eigenvalue weighted by Gasteiger charge is 2.10. The molecular formula is C16H21N5O2. The molecule has 1 saturated heterocycles. The molecule has 0 aromatic heterocycles. The van der Waals surface area contributed by atoms with Crippen LogP contribution in [0, 0.1) is 11.3 Å². The average molecular weight is 315 g/mol. The van der Waals surface area contributed by atoms with Crippen LogP contribution in [0.25, 0.3) is 0 Å². The van der Waals surface area contributed by atoms with E-state index >= 15 is 0 Å². The van der Waals surface area contributed by atoms with Gasteiger partial charge in [0.2, 0.25) is 0 Å². The molecule has 7 heteroatoms. The molecule has 0 atom stereocenters. The number of amides is 1. The first-order valence-electron chi connectivity index (χ1n) is 7.56. The lowest BCUT2D eigenvalue weighted by atomic mass is 10.2. The van der Waals surface area contributed by atoms with E-state index in [1.165, 1.54) is 18.3 Å². The monoisotopic (exact) mass is 315 g/mol. The van der Waals surface area contributed by atoms with Crippen LogP contribution in [-0.2, 0) is 4.79 Å². The van der Waals surface area contributed by atoms with Crippen molar-refractivity contribution in [3.63, 3.8) is 0 Å². The van der Waals surface area contributed by atoms with Crippen LogP contribution in [0.1, 0.15) is 0 Å². The minimum absolute atomic E-state index is 0.0124. The van der Waals surface area contributed by atoms with Crippen LogP contribution in [-0.4, -0.2) is 55.2 Å². The Balaban J connectivity index is 1.79.